The monoisotopic (exact) mass is 501 g/mol. The highest BCUT2D eigenvalue weighted by molar-refractivity contribution is 6.01. The van der Waals surface area contributed by atoms with Crippen molar-refractivity contribution in [1.29, 1.82) is 0 Å². The minimum absolute atomic E-state index is 0.109. The molecule has 0 radical (unpaired) electrons. The van der Waals surface area contributed by atoms with Gasteiger partial charge in [-0.15, -0.1) is 0 Å². The second kappa shape index (κ2) is 12.0. The summed E-state index contributed by atoms with van der Waals surface area (Å²) in [7, 11) is 1.74. The number of carbonyl (C=O) groups is 2. The maximum Gasteiger partial charge on any atom is 0.321 e. The minimum atomic E-state index is -0.376. The number of anilines is 1. The fraction of sp³-hybridized carbons (Fsp3) is 0.333. The van der Waals surface area contributed by atoms with Crippen molar-refractivity contribution < 1.29 is 19.4 Å². The number of para-hydroxylation sites is 1. The van der Waals surface area contributed by atoms with Crippen molar-refractivity contribution in [2.45, 2.75) is 32.6 Å². The van der Waals surface area contributed by atoms with Crippen LogP contribution in [0, 0.1) is 5.92 Å². The van der Waals surface area contributed by atoms with E-state index in [4.69, 9.17) is 4.74 Å². The number of carbonyl (C=O) groups excluding carboxylic acids is 2. The summed E-state index contributed by atoms with van der Waals surface area (Å²) in [6, 6.07) is 24.2. The first-order chi connectivity index (χ1) is 17.9. The number of hydrogen-bond donors (Lipinski definition) is 2. The van der Waals surface area contributed by atoms with Gasteiger partial charge in [0, 0.05) is 37.3 Å². The Balaban J connectivity index is 1.66. The third-order valence-electron chi connectivity index (χ3n) is 6.92. The van der Waals surface area contributed by atoms with Gasteiger partial charge >= 0.3 is 6.03 Å². The average molecular weight is 502 g/mol. The molecule has 7 nitrogen and oxygen atoms in total. The van der Waals surface area contributed by atoms with Crippen LogP contribution in [-0.4, -0.2) is 65.7 Å². The third kappa shape index (κ3) is 6.18. The smallest absolute Gasteiger partial charge is 0.321 e. The van der Waals surface area contributed by atoms with Gasteiger partial charge in [0.15, 0.2) is 0 Å². The molecule has 0 aromatic heterocycles. The van der Waals surface area contributed by atoms with E-state index >= 15 is 0 Å². The normalized spacial score (nSPS) is 18.7. The van der Waals surface area contributed by atoms with Gasteiger partial charge in [-0.2, -0.15) is 0 Å². The van der Waals surface area contributed by atoms with Gasteiger partial charge in [0.2, 0.25) is 0 Å². The quantitative estimate of drug-likeness (QED) is 0.522. The zero-order valence-electron chi connectivity index (χ0n) is 21.6. The molecule has 4 rings (SSSR count). The van der Waals surface area contributed by atoms with Gasteiger partial charge in [-0.25, -0.2) is 4.79 Å². The lowest BCUT2D eigenvalue weighted by Gasteiger charge is -2.35. The predicted molar refractivity (Wildman–Crippen MR) is 145 cm³/mol. The van der Waals surface area contributed by atoms with E-state index in [9.17, 15) is 14.7 Å². The molecule has 3 atom stereocenters. The number of likely N-dealkylation sites (N-methyl/N-ethyl adjacent to an activating group) is 1. The van der Waals surface area contributed by atoms with Crippen LogP contribution in [0.25, 0.3) is 11.1 Å². The Hall–Kier alpha value is -3.68. The van der Waals surface area contributed by atoms with Crippen LogP contribution in [0.2, 0.25) is 0 Å². The summed E-state index contributed by atoms with van der Waals surface area (Å²) < 4.78 is 6.47. The molecular formula is C30H35N3O4. The number of aliphatic hydroxyl groups excluding tert-OH is 1. The first-order valence-electron chi connectivity index (χ1n) is 12.7. The zero-order chi connectivity index (χ0) is 26.4. The van der Waals surface area contributed by atoms with E-state index in [0.717, 1.165) is 22.4 Å². The van der Waals surface area contributed by atoms with Crippen LogP contribution in [0.15, 0.2) is 78.9 Å². The maximum absolute atomic E-state index is 13.9. The van der Waals surface area contributed by atoms with E-state index < -0.39 is 0 Å². The van der Waals surface area contributed by atoms with Crippen molar-refractivity contribution in [3.05, 3.63) is 90.0 Å². The first-order valence-corrected chi connectivity index (χ1v) is 12.7. The highest BCUT2D eigenvalue weighted by Crippen LogP contribution is 2.31. The van der Waals surface area contributed by atoms with Gasteiger partial charge in [-0.3, -0.25) is 4.79 Å². The van der Waals surface area contributed by atoms with Gasteiger partial charge in [0.05, 0.1) is 25.4 Å². The summed E-state index contributed by atoms with van der Waals surface area (Å²) >= 11 is 0. The Morgan fingerprint density at radius 2 is 1.65 bits per heavy atom. The predicted octanol–water partition coefficient (Wildman–Crippen LogP) is 4.88. The van der Waals surface area contributed by atoms with Crippen LogP contribution < -0.4 is 5.32 Å². The summed E-state index contributed by atoms with van der Waals surface area (Å²) in [4.78, 5) is 30.1. The van der Waals surface area contributed by atoms with Gasteiger partial charge in [0.25, 0.3) is 5.91 Å². The van der Waals surface area contributed by atoms with Crippen LogP contribution in [0.5, 0.6) is 0 Å². The highest BCUT2D eigenvalue weighted by atomic mass is 16.5. The second-order valence-electron chi connectivity index (χ2n) is 9.70. The summed E-state index contributed by atoms with van der Waals surface area (Å²) in [5, 5.41) is 12.9. The van der Waals surface area contributed by atoms with Gasteiger partial charge in [-0.1, -0.05) is 67.6 Å². The molecule has 37 heavy (non-hydrogen) atoms. The molecule has 0 unspecified atom stereocenters. The van der Waals surface area contributed by atoms with E-state index in [2.05, 4.69) is 5.32 Å². The van der Waals surface area contributed by atoms with E-state index in [-0.39, 0.29) is 36.6 Å². The van der Waals surface area contributed by atoms with Gasteiger partial charge < -0.3 is 25.0 Å². The van der Waals surface area contributed by atoms with Crippen molar-refractivity contribution in [1.82, 2.24) is 9.80 Å². The fourth-order valence-electron chi connectivity index (χ4n) is 4.64. The first kappa shape index (κ1) is 26.4. The molecule has 7 heteroatoms. The molecule has 194 valence electrons. The minimum Gasteiger partial charge on any atom is -0.394 e. The highest BCUT2D eigenvalue weighted by Gasteiger charge is 2.31. The Morgan fingerprint density at radius 1 is 1.03 bits per heavy atom. The lowest BCUT2D eigenvalue weighted by molar-refractivity contribution is -0.0178. The standard InChI is InChI=1S/C30H35N3O4/c1-21-17-33(22(2)19-34)29(35)27-16-10-9-15-26(27)25-14-8-7-11-23(25)20-37-28(21)18-32(3)30(36)31-24-12-5-4-6-13-24/h4-16,21-22,28,34H,17-20H2,1-3H3,(H,31,36)/t21-,22-,28+/m1/s1. The molecule has 1 aliphatic heterocycles. The average Bonchev–Trinajstić information content (AvgIpc) is 2.94. The number of fused-ring (bicyclic) bond motifs is 3. The van der Waals surface area contributed by atoms with Crippen molar-refractivity contribution in [2.24, 2.45) is 5.92 Å². The molecule has 0 spiro atoms. The summed E-state index contributed by atoms with van der Waals surface area (Å²) in [5.41, 5.74) is 4.06. The summed E-state index contributed by atoms with van der Waals surface area (Å²) in [6.45, 7) is 4.78. The van der Waals surface area contributed by atoms with Gasteiger partial charge in [0.1, 0.15) is 0 Å². The van der Waals surface area contributed by atoms with Crippen molar-refractivity contribution in [3.63, 3.8) is 0 Å². The molecule has 1 aliphatic rings. The Bertz CT molecular complexity index is 1220. The van der Waals surface area contributed by atoms with E-state index in [1.807, 2.05) is 92.7 Å². The number of nitrogens with zero attached hydrogens (tertiary/aromatic N) is 2. The van der Waals surface area contributed by atoms with E-state index in [1.165, 1.54) is 0 Å². The van der Waals surface area contributed by atoms with Crippen LogP contribution in [0.1, 0.15) is 29.8 Å². The number of amides is 3. The van der Waals surface area contributed by atoms with Crippen molar-refractivity contribution >= 4 is 17.6 Å². The van der Waals surface area contributed by atoms with Crippen molar-refractivity contribution in [3.8, 4) is 11.1 Å². The molecule has 0 saturated carbocycles. The maximum atomic E-state index is 13.9. The Labute approximate surface area is 218 Å². The van der Waals surface area contributed by atoms with Crippen LogP contribution in [0.3, 0.4) is 0 Å². The van der Waals surface area contributed by atoms with Crippen LogP contribution in [-0.2, 0) is 11.3 Å². The van der Waals surface area contributed by atoms with E-state index in [1.54, 1.807) is 16.8 Å². The van der Waals surface area contributed by atoms with Crippen LogP contribution >= 0.6 is 0 Å². The van der Waals surface area contributed by atoms with E-state index in [0.29, 0.717) is 25.3 Å². The number of rotatable bonds is 5. The number of aliphatic hydroxyl groups is 1. The molecule has 0 saturated heterocycles. The summed E-state index contributed by atoms with van der Waals surface area (Å²) in [5.74, 6) is -0.239. The molecule has 3 amide bonds. The molecule has 0 fully saturated rings. The van der Waals surface area contributed by atoms with Gasteiger partial charge in [-0.05, 0) is 41.8 Å². The Morgan fingerprint density at radius 3 is 2.35 bits per heavy atom. The summed E-state index contributed by atoms with van der Waals surface area (Å²) in [6.07, 6.45) is -0.345. The number of benzene rings is 3. The number of hydrogen-bond acceptors (Lipinski definition) is 4. The lowest BCUT2D eigenvalue weighted by Crippen LogP contribution is -2.48. The SMILES string of the molecule is C[C@@H]1CN([C@H](C)CO)C(=O)c2ccccc2-c2ccccc2CO[C@H]1CN(C)C(=O)Nc1ccccc1. The number of urea groups is 1. The Kier molecular flexibility index (Phi) is 8.58. The third-order valence-corrected chi connectivity index (χ3v) is 6.92. The van der Waals surface area contributed by atoms with Crippen LogP contribution in [0.4, 0.5) is 10.5 Å². The second-order valence-corrected chi connectivity index (χ2v) is 9.70. The molecule has 3 aromatic rings. The molecule has 0 aliphatic carbocycles. The zero-order valence-corrected chi connectivity index (χ0v) is 21.6. The largest absolute Gasteiger partial charge is 0.394 e. The number of nitrogens with one attached hydrogen (secondary N) is 1. The number of ether oxygens (including phenoxy) is 1. The molecule has 1 heterocycles. The molecule has 2 N–H and O–H groups in total. The topological polar surface area (TPSA) is 82.1 Å². The molecule has 0 bridgehead atoms. The molecular weight excluding hydrogens is 466 g/mol. The molecule has 3 aromatic carbocycles. The van der Waals surface area contributed by atoms with Crippen molar-refractivity contribution in [2.75, 3.05) is 32.1 Å². The fourth-order valence-corrected chi connectivity index (χ4v) is 4.64. The lowest BCUT2D eigenvalue weighted by atomic mass is 9.94.